The van der Waals surface area contributed by atoms with Crippen molar-refractivity contribution in [3.63, 3.8) is 0 Å². The molecule has 6 heteroatoms. The third-order valence-electron chi connectivity index (χ3n) is 5.89. The van der Waals surface area contributed by atoms with Crippen LogP contribution in [0.1, 0.15) is 51.9 Å². The Balaban J connectivity index is 1.56. The van der Waals surface area contributed by atoms with Crippen LogP contribution in [-0.4, -0.2) is 26.6 Å². The number of aryl methyl sites for hydroxylation is 1. The van der Waals surface area contributed by atoms with Crippen LogP contribution in [0.15, 0.2) is 48.5 Å². The molecule has 0 saturated heterocycles. The average molecular weight is 407 g/mol. The number of benzene rings is 2. The molecule has 1 N–H and O–H groups in total. The summed E-state index contributed by atoms with van der Waals surface area (Å²) in [5.74, 6) is 0.101. The van der Waals surface area contributed by atoms with E-state index in [-0.39, 0.29) is 12.1 Å². The lowest BCUT2D eigenvalue weighted by molar-refractivity contribution is 0.0665. The van der Waals surface area contributed by atoms with Crippen LogP contribution in [0.2, 0.25) is 5.02 Å². The molecule has 1 fully saturated rings. The van der Waals surface area contributed by atoms with E-state index in [1.807, 2.05) is 65.0 Å². The zero-order valence-electron chi connectivity index (χ0n) is 16.5. The molecule has 1 atom stereocenters. The first-order valence-electron chi connectivity index (χ1n) is 10.00. The van der Waals surface area contributed by atoms with E-state index in [4.69, 9.17) is 16.7 Å². The van der Waals surface area contributed by atoms with Crippen LogP contribution in [0, 0.1) is 13.8 Å². The van der Waals surface area contributed by atoms with Crippen LogP contribution in [0.25, 0.3) is 0 Å². The number of anilines is 1. The topological polar surface area (TPSA) is 50.2 Å². The number of aromatic nitrogens is 2. The van der Waals surface area contributed by atoms with Gasteiger partial charge in [-0.25, -0.2) is 0 Å². The summed E-state index contributed by atoms with van der Waals surface area (Å²) in [6, 6.07) is 15.9. The molecule has 0 radical (unpaired) electrons. The van der Waals surface area contributed by atoms with Crippen LogP contribution < -0.4 is 5.32 Å². The highest BCUT2D eigenvalue weighted by atomic mass is 35.5. The van der Waals surface area contributed by atoms with Crippen LogP contribution >= 0.6 is 11.6 Å². The number of carbonyl (C=O) groups excluding carboxylic acids is 1. The molecule has 1 aliphatic carbocycles. The van der Waals surface area contributed by atoms with Gasteiger partial charge >= 0.3 is 0 Å². The number of halogens is 1. The van der Waals surface area contributed by atoms with Gasteiger partial charge in [-0.2, -0.15) is 5.10 Å². The highest BCUT2D eigenvalue weighted by Gasteiger charge is 2.43. The summed E-state index contributed by atoms with van der Waals surface area (Å²) in [5, 5.41) is 9.15. The monoisotopic (exact) mass is 406 g/mol. The fraction of sp³-hybridized carbons (Fsp3) is 0.304. The molecular weight excluding hydrogens is 384 g/mol. The molecule has 5 rings (SSSR count). The number of nitrogens with zero attached hydrogens (tertiary/aromatic N) is 3. The number of hydrogen-bond acceptors (Lipinski definition) is 3. The molecule has 5 nitrogen and oxygen atoms in total. The second-order valence-electron chi connectivity index (χ2n) is 7.87. The van der Waals surface area contributed by atoms with E-state index in [1.54, 1.807) is 0 Å². The van der Waals surface area contributed by atoms with Crippen LogP contribution in [-0.2, 0) is 6.54 Å². The fourth-order valence-electron chi connectivity index (χ4n) is 4.26. The maximum Gasteiger partial charge on any atom is 0.258 e. The second-order valence-corrected chi connectivity index (χ2v) is 8.28. The molecular formula is C23H23ClN4O. The van der Waals surface area contributed by atoms with E-state index in [2.05, 4.69) is 12.2 Å². The number of nitrogens with one attached hydrogen (secondary N) is 1. The average Bonchev–Trinajstić information content (AvgIpc) is 3.50. The van der Waals surface area contributed by atoms with Gasteiger partial charge in [0.25, 0.3) is 5.91 Å². The maximum atomic E-state index is 13.3. The highest BCUT2D eigenvalue weighted by Crippen LogP contribution is 2.42. The summed E-state index contributed by atoms with van der Waals surface area (Å²) in [6.07, 6.45) is 1.90. The minimum atomic E-state index is -0.204. The summed E-state index contributed by atoms with van der Waals surface area (Å²) in [6.45, 7) is 4.69. The van der Waals surface area contributed by atoms with Gasteiger partial charge in [-0.3, -0.25) is 9.48 Å². The predicted octanol–water partition coefficient (Wildman–Crippen LogP) is 4.93. The van der Waals surface area contributed by atoms with Gasteiger partial charge in [0.15, 0.2) is 0 Å². The van der Waals surface area contributed by atoms with Crippen LogP contribution in [0.5, 0.6) is 0 Å². The molecule has 1 aromatic heterocycles. The number of fused-ring (bicyclic) bond motifs is 1. The lowest BCUT2D eigenvalue weighted by Crippen LogP contribution is -2.44. The molecule has 2 heterocycles. The standard InChI is InChI=1S/C23H23ClN4O/c1-14-21(15(2)27(26-14)13-16-7-3-5-9-19(16)24)22-25-20-10-6-4-8-18(20)23(29)28(22)17-11-12-17/h3-10,17,22,25H,11-13H2,1-2H3/t22-/m1/s1. The number of para-hydroxylation sites is 1. The smallest absolute Gasteiger partial charge is 0.258 e. The van der Waals surface area contributed by atoms with Crippen molar-refractivity contribution in [3.8, 4) is 0 Å². The molecule has 0 unspecified atom stereocenters. The fourth-order valence-corrected chi connectivity index (χ4v) is 4.45. The SMILES string of the molecule is Cc1nn(Cc2ccccc2Cl)c(C)c1[C@@H]1Nc2ccccc2C(=O)N1C1CC1. The molecule has 2 aliphatic rings. The Morgan fingerprint density at radius 2 is 1.83 bits per heavy atom. The minimum absolute atomic E-state index is 0.101. The van der Waals surface area contributed by atoms with Gasteiger partial charge in [-0.1, -0.05) is 41.9 Å². The third kappa shape index (κ3) is 3.10. The molecule has 148 valence electrons. The molecule has 1 saturated carbocycles. The zero-order valence-corrected chi connectivity index (χ0v) is 17.3. The van der Waals surface area contributed by atoms with E-state index in [0.717, 1.165) is 51.6 Å². The van der Waals surface area contributed by atoms with Crippen molar-refractivity contribution in [2.45, 2.75) is 45.4 Å². The van der Waals surface area contributed by atoms with Crippen molar-refractivity contribution in [2.75, 3.05) is 5.32 Å². The Morgan fingerprint density at radius 3 is 2.59 bits per heavy atom. The van der Waals surface area contributed by atoms with E-state index < -0.39 is 0 Å². The summed E-state index contributed by atoms with van der Waals surface area (Å²) in [7, 11) is 0. The van der Waals surface area contributed by atoms with E-state index in [0.29, 0.717) is 12.6 Å². The Morgan fingerprint density at radius 1 is 1.10 bits per heavy atom. The Hall–Kier alpha value is -2.79. The first kappa shape index (κ1) is 18.3. The Labute approximate surface area is 175 Å². The summed E-state index contributed by atoms with van der Waals surface area (Å²) < 4.78 is 1.99. The molecule has 1 aliphatic heterocycles. The molecule has 0 spiro atoms. The number of amides is 1. The largest absolute Gasteiger partial charge is 0.361 e. The van der Waals surface area contributed by atoms with Gasteiger partial charge in [0.2, 0.25) is 0 Å². The summed E-state index contributed by atoms with van der Waals surface area (Å²) in [4.78, 5) is 15.3. The van der Waals surface area contributed by atoms with Crippen molar-refractivity contribution in [3.05, 3.63) is 81.6 Å². The van der Waals surface area contributed by atoms with Gasteiger partial charge in [0.1, 0.15) is 6.17 Å². The zero-order chi connectivity index (χ0) is 20.1. The van der Waals surface area contributed by atoms with Crippen molar-refractivity contribution in [1.29, 1.82) is 0 Å². The van der Waals surface area contributed by atoms with Crippen molar-refractivity contribution in [1.82, 2.24) is 14.7 Å². The van der Waals surface area contributed by atoms with Crippen LogP contribution in [0.4, 0.5) is 5.69 Å². The van der Waals surface area contributed by atoms with Gasteiger partial charge in [0.05, 0.1) is 17.8 Å². The number of hydrogen-bond donors (Lipinski definition) is 1. The maximum absolute atomic E-state index is 13.3. The van der Waals surface area contributed by atoms with E-state index in [9.17, 15) is 4.79 Å². The van der Waals surface area contributed by atoms with Crippen molar-refractivity contribution < 1.29 is 4.79 Å². The lowest BCUT2D eigenvalue weighted by Gasteiger charge is -2.38. The summed E-state index contributed by atoms with van der Waals surface area (Å²) in [5.41, 5.74) is 5.73. The first-order valence-corrected chi connectivity index (χ1v) is 10.4. The van der Waals surface area contributed by atoms with Gasteiger partial charge in [0, 0.05) is 28.0 Å². The molecule has 29 heavy (non-hydrogen) atoms. The molecule has 0 bridgehead atoms. The third-order valence-corrected chi connectivity index (χ3v) is 6.26. The Kier molecular flexibility index (Phi) is 4.36. The lowest BCUT2D eigenvalue weighted by atomic mass is 10.0. The highest BCUT2D eigenvalue weighted by molar-refractivity contribution is 6.31. The minimum Gasteiger partial charge on any atom is -0.361 e. The first-order chi connectivity index (χ1) is 14.0. The van der Waals surface area contributed by atoms with Crippen LogP contribution in [0.3, 0.4) is 0 Å². The predicted molar refractivity (Wildman–Crippen MR) is 114 cm³/mol. The molecule has 1 amide bonds. The van der Waals surface area contributed by atoms with E-state index in [1.165, 1.54) is 0 Å². The molecule has 3 aromatic rings. The van der Waals surface area contributed by atoms with E-state index >= 15 is 0 Å². The number of rotatable bonds is 4. The van der Waals surface area contributed by atoms with Gasteiger partial charge < -0.3 is 10.2 Å². The second kappa shape index (κ2) is 6.92. The summed E-state index contributed by atoms with van der Waals surface area (Å²) >= 11 is 6.36. The normalized spacial score (nSPS) is 18.5. The molecule has 2 aromatic carbocycles. The Bertz CT molecular complexity index is 1100. The van der Waals surface area contributed by atoms with Gasteiger partial charge in [-0.15, -0.1) is 0 Å². The van der Waals surface area contributed by atoms with Crippen molar-refractivity contribution in [2.24, 2.45) is 0 Å². The van der Waals surface area contributed by atoms with Gasteiger partial charge in [-0.05, 0) is 50.5 Å². The van der Waals surface area contributed by atoms with Crippen molar-refractivity contribution >= 4 is 23.2 Å². The number of carbonyl (C=O) groups is 1. The quantitative estimate of drug-likeness (QED) is 0.668.